The van der Waals surface area contributed by atoms with E-state index in [0.717, 1.165) is 17.5 Å². The first kappa shape index (κ1) is 28.7. The number of aromatic nitrogens is 1. The Labute approximate surface area is 262 Å². The van der Waals surface area contributed by atoms with E-state index < -0.39 is 41.5 Å². The number of aliphatic hydroxyl groups is 1. The summed E-state index contributed by atoms with van der Waals surface area (Å²) >= 11 is 0. The van der Waals surface area contributed by atoms with E-state index in [1.807, 2.05) is 44.2 Å². The second-order valence-electron chi connectivity index (χ2n) is 14.0. The Kier molecular flexibility index (Phi) is 6.47. The monoisotopic (exact) mass is 611 g/mol. The Morgan fingerprint density at radius 1 is 1.16 bits per heavy atom. The van der Waals surface area contributed by atoms with Gasteiger partial charge in [0.15, 0.2) is 0 Å². The van der Waals surface area contributed by atoms with Gasteiger partial charge in [-0.15, -0.1) is 0 Å². The standard InChI is InChI=1S/C35H41N5O5/c1-20(2)34(37-31(41)23-16-25-24-11-7-12-26-30(24)22(18-36-26)17-27(25)38(3)19-23)33(43)40-28(15-21-9-5-4-6-10-21)32(42)39-14-8-13-29(39)35(40,44)45-34/h4-7,9-12,18,20,23,25,27-29,36,44H,8,13-17,19H2,1-3H3,(H,37,41)/t23-,25+,27+,28+,29-,34-,35-/m1/s1. The molecule has 45 heavy (non-hydrogen) atoms. The molecule has 4 saturated heterocycles. The van der Waals surface area contributed by atoms with Crippen molar-refractivity contribution in [3.05, 3.63) is 71.4 Å². The third-order valence-electron chi connectivity index (χ3n) is 11.2. The van der Waals surface area contributed by atoms with Crippen LogP contribution in [0.3, 0.4) is 0 Å². The highest BCUT2D eigenvalue weighted by Crippen LogP contribution is 2.49. The SMILES string of the molecule is CC(C)[C@@]1(NC(=O)[C@@H]2C[C@H]3c4cccc5[nH]cc(c45)C[C@@H]3N(C)C2)O[C@]2(O)[C@H]3CCCN3C(=O)[C@H](Cc3ccccc3)N2C1=O. The first-order chi connectivity index (χ1) is 21.6. The van der Waals surface area contributed by atoms with Crippen molar-refractivity contribution in [1.29, 1.82) is 0 Å². The maximum atomic E-state index is 14.6. The van der Waals surface area contributed by atoms with Gasteiger partial charge >= 0.3 is 0 Å². The van der Waals surface area contributed by atoms with Gasteiger partial charge in [-0.3, -0.25) is 24.0 Å². The number of carbonyl (C=O) groups excluding carboxylic acids is 3. The first-order valence-electron chi connectivity index (χ1n) is 16.3. The first-order valence-corrected chi connectivity index (χ1v) is 16.3. The molecular formula is C35H41N5O5. The zero-order chi connectivity index (χ0) is 31.2. The summed E-state index contributed by atoms with van der Waals surface area (Å²) in [6.07, 6.45) is 5.12. The number of H-pyrrole nitrogens is 1. The van der Waals surface area contributed by atoms with Gasteiger partial charge in [-0.05, 0) is 55.5 Å². The van der Waals surface area contributed by atoms with Crippen LogP contribution in [0.15, 0.2) is 54.7 Å². The quantitative estimate of drug-likeness (QED) is 0.409. The van der Waals surface area contributed by atoms with Crippen LogP contribution in [0.2, 0.25) is 0 Å². The molecule has 1 aliphatic carbocycles. The van der Waals surface area contributed by atoms with Gasteiger partial charge in [0.1, 0.15) is 12.1 Å². The fourth-order valence-electron chi connectivity index (χ4n) is 8.99. The van der Waals surface area contributed by atoms with Crippen molar-refractivity contribution in [2.75, 3.05) is 20.1 Å². The zero-order valence-electron chi connectivity index (χ0n) is 26.0. The molecule has 0 saturated carbocycles. The molecular weight excluding hydrogens is 570 g/mol. The van der Waals surface area contributed by atoms with Crippen LogP contribution in [-0.2, 0) is 32.0 Å². The Balaban J connectivity index is 1.12. The topological polar surface area (TPSA) is 118 Å². The summed E-state index contributed by atoms with van der Waals surface area (Å²) in [4.78, 5) is 51.4. The van der Waals surface area contributed by atoms with Crippen LogP contribution < -0.4 is 5.32 Å². The molecule has 2 aromatic carbocycles. The van der Waals surface area contributed by atoms with Gasteiger partial charge in [0.2, 0.25) is 17.5 Å². The molecule has 0 spiro atoms. The minimum absolute atomic E-state index is 0.164. The normalized spacial score (nSPS) is 34.3. The third-order valence-corrected chi connectivity index (χ3v) is 11.2. The maximum absolute atomic E-state index is 14.6. The van der Waals surface area contributed by atoms with Crippen LogP contribution in [-0.4, -0.2) is 92.4 Å². The molecule has 5 heterocycles. The number of nitrogens with zero attached hydrogens (tertiary/aromatic N) is 3. The highest BCUT2D eigenvalue weighted by Gasteiger charge is 2.72. The van der Waals surface area contributed by atoms with Gasteiger partial charge in [0, 0.05) is 54.5 Å². The van der Waals surface area contributed by atoms with Crippen molar-refractivity contribution in [1.82, 2.24) is 25.0 Å². The molecule has 3 N–H and O–H groups in total. The number of amides is 3. The molecule has 0 bridgehead atoms. The third kappa shape index (κ3) is 4.08. The number of ether oxygens (including phenoxy) is 1. The van der Waals surface area contributed by atoms with Gasteiger partial charge in [0.05, 0.1) is 5.92 Å². The number of piperidine rings is 1. The molecule has 7 atom stereocenters. The van der Waals surface area contributed by atoms with E-state index in [1.54, 1.807) is 4.90 Å². The van der Waals surface area contributed by atoms with Gasteiger partial charge in [0.25, 0.3) is 11.8 Å². The minimum atomic E-state index is -2.04. The highest BCUT2D eigenvalue weighted by molar-refractivity contribution is 5.98. The Morgan fingerprint density at radius 2 is 1.96 bits per heavy atom. The van der Waals surface area contributed by atoms with E-state index >= 15 is 0 Å². The molecule has 10 nitrogen and oxygen atoms in total. The van der Waals surface area contributed by atoms with Crippen LogP contribution in [0.25, 0.3) is 10.9 Å². The van der Waals surface area contributed by atoms with Crippen molar-refractivity contribution < 1.29 is 24.2 Å². The number of hydrogen-bond acceptors (Lipinski definition) is 6. The molecule has 10 heteroatoms. The van der Waals surface area contributed by atoms with E-state index in [-0.39, 0.29) is 30.2 Å². The fraction of sp³-hybridized carbons (Fsp3) is 0.514. The zero-order valence-corrected chi connectivity index (χ0v) is 26.0. The van der Waals surface area contributed by atoms with Gasteiger partial charge in [-0.2, -0.15) is 0 Å². The van der Waals surface area contributed by atoms with E-state index in [4.69, 9.17) is 4.74 Å². The highest BCUT2D eigenvalue weighted by atomic mass is 16.7. The summed E-state index contributed by atoms with van der Waals surface area (Å²) in [5.74, 6) is -3.80. The molecule has 4 aliphatic heterocycles. The van der Waals surface area contributed by atoms with E-state index in [9.17, 15) is 19.5 Å². The Hall–Kier alpha value is -3.73. The maximum Gasteiger partial charge on any atom is 0.281 e. The molecule has 8 rings (SSSR count). The summed E-state index contributed by atoms with van der Waals surface area (Å²) in [6, 6.07) is 14.5. The molecule has 4 fully saturated rings. The number of likely N-dealkylation sites (N-methyl/N-ethyl adjacent to an activating group) is 1. The van der Waals surface area contributed by atoms with Crippen LogP contribution in [0.4, 0.5) is 0 Å². The number of nitrogens with one attached hydrogen (secondary N) is 2. The number of benzene rings is 2. The van der Waals surface area contributed by atoms with E-state index in [0.29, 0.717) is 32.4 Å². The van der Waals surface area contributed by atoms with Crippen molar-refractivity contribution in [2.24, 2.45) is 11.8 Å². The average molecular weight is 612 g/mol. The Bertz CT molecular complexity index is 1690. The second-order valence-corrected chi connectivity index (χ2v) is 14.0. The van der Waals surface area contributed by atoms with Crippen LogP contribution in [0.5, 0.6) is 0 Å². The van der Waals surface area contributed by atoms with Crippen LogP contribution >= 0.6 is 0 Å². The number of carbonyl (C=O) groups is 3. The lowest BCUT2D eigenvalue weighted by atomic mass is 9.72. The van der Waals surface area contributed by atoms with E-state index in [1.165, 1.54) is 21.4 Å². The lowest BCUT2D eigenvalue weighted by Crippen LogP contribution is -2.71. The smallest absolute Gasteiger partial charge is 0.281 e. The summed E-state index contributed by atoms with van der Waals surface area (Å²) in [6.45, 7) is 4.68. The van der Waals surface area contributed by atoms with Gasteiger partial charge < -0.3 is 25.2 Å². The number of hydrogen-bond donors (Lipinski definition) is 3. The fourth-order valence-corrected chi connectivity index (χ4v) is 8.99. The predicted molar refractivity (Wildman–Crippen MR) is 167 cm³/mol. The minimum Gasteiger partial charge on any atom is -0.361 e. The lowest BCUT2D eigenvalue weighted by molar-refractivity contribution is -0.321. The van der Waals surface area contributed by atoms with Crippen molar-refractivity contribution in [3.63, 3.8) is 0 Å². The molecule has 3 aromatic rings. The molecule has 236 valence electrons. The summed E-state index contributed by atoms with van der Waals surface area (Å²) in [5, 5.41) is 16.6. The molecule has 3 amide bonds. The molecule has 0 radical (unpaired) electrons. The van der Waals surface area contributed by atoms with Gasteiger partial charge in [-0.1, -0.05) is 56.3 Å². The Morgan fingerprint density at radius 3 is 2.73 bits per heavy atom. The number of piperazine rings is 1. The second kappa shape index (κ2) is 10.1. The molecule has 1 aromatic heterocycles. The predicted octanol–water partition coefficient (Wildman–Crippen LogP) is 2.72. The number of fused-ring (bicyclic) bond motifs is 5. The number of rotatable bonds is 5. The molecule has 0 unspecified atom stereocenters. The summed E-state index contributed by atoms with van der Waals surface area (Å²) in [5.41, 5.74) is 2.75. The largest absolute Gasteiger partial charge is 0.361 e. The number of likely N-dealkylation sites (tertiary alicyclic amines) is 1. The van der Waals surface area contributed by atoms with Crippen molar-refractivity contribution in [2.45, 2.75) is 81.6 Å². The average Bonchev–Trinajstić information content (AvgIpc) is 3.74. The van der Waals surface area contributed by atoms with Gasteiger partial charge in [-0.25, -0.2) is 0 Å². The van der Waals surface area contributed by atoms with Crippen LogP contribution in [0, 0.1) is 11.8 Å². The van der Waals surface area contributed by atoms with E-state index in [2.05, 4.69) is 46.6 Å². The van der Waals surface area contributed by atoms with Crippen molar-refractivity contribution in [3.8, 4) is 0 Å². The van der Waals surface area contributed by atoms with Crippen molar-refractivity contribution >= 4 is 28.6 Å². The molecule has 5 aliphatic rings. The van der Waals surface area contributed by atoms with Crippen LogP contribution in [0.1, 0.15) is 55.7 Å². The lowest BCUT2D eigenvalue weighted by Gasteiger charge is -2.48. The summed E-state index contributed by atoms with van der Waals surface area (Å²) < 4.78 is 6.51. The number of aromatic amines is 1. The summed E-state index contributed by atoms with van der Waals surface area (Å²) in [7, 11) is 2.07.